The summed E-state index contributed by atoms with van der Waals surface area (Å²) in [6, 6.07) is 0. The zero-order valence-corrected chi connectivity index (χ0v) is 4.00. The van der Waals surface area contributed by atoms with E-state index in [1.807, 2.05) is 13.8 Å². The molecule has 4 nitrogen and oxygen atoms in total. The maximum absolute atomic E-state index is 2.00. The molecule has 0 aliphatic carbocycles. The maximum atomic E-state index is 2.00. The van der Waals surface area contributed by atoms with Gasteiger partial charge < -0.3 is 21.9 Å². The third kappa shape index (κ3) is 1210. The molecular formula is C2H14O4. The first kappa shape index (κ1) is 194. The smallest absolute Gasteiger partial charge is 0.0683 e. The molecule has 0 radical (unpaired) electrons. The van der Waals surface area contributed by atoms with E-state index in [4.69, 9.17) is 0 Å². The minimum Gasteiger partial charge on any atom is -0.412 e. The fraction of sp³-hybridized carbons (Fsp3) is 1.00. The molecule has 8 N–H and O–H groups in total. The highest BCUT2D eigenvalue weighted by Gasteiger charge is 0.932. The average molecular weight is 102 g/mol. The fourth-order valence-corrected chi connectivity index (χ4v) is 0. The molecule has 0 heterocycles. The quantitative estimate of drug-likeness (QED) is 0.327. The van der Waals surface area contributed by atoms with Gasteiger partial charge in [-0.05, 0) is 0 Å². The van der Waals surface area contributed by atoms with Crippen molar-refractivity contribution in [2.45, 2.75) is 13.8 Å². The average Bonchev–Trinajstić information content (AvgIpc) is 1.00. The number of hydrogen-bond donors (Lipinski definition) is 0. The zero-order valence-electron chi connectivity index (χ0n) is 4.00. The molecule has 0 aliphatic heterocycles. The lowest BCUT2D eigenvalue weighted by Gasteiger charge is -1.07. The maximum Gasteiger partial charge on any atom is -0.0683 e. The Kier molecular flexibility index (Phi) is 90100. The van der Waals surface area contributed by atoms with Crippen molar-refractivity contribution in [2.24, 2.45) is 0 Å². The van der Waals surface area contributed by atoms with E-state index in [1.165, 1.54) is 0 Å². The van der Waals surface area contributed by atoms with Gasteiger partial charge in [0.15, 0.2) is 0 Å². The van der Waals surface area contributed by atoms with Gasteiger partial charge >= 0.3 is 0 Å². The van der Waals surface area contributed by atoms with E-state index in [-0.39, 0.29) is 21.9 Å². The van der Waals surface area contributed by atoms with Gasteiger partial charge in [0.2, 0.25) is 0 Å². The molecule has 0 atom stereocenters. The molecule has 0 fully saturated rings. The first-order valence-electron chi connectivity index (χ1n) is 1.00. The second-order valence-electron chi connectivity index (χ2n) is 0. The van der Waals surface area contributed by atoms with Gasteiger partial charge in [0.1, 0.15) is 0 Å². The van der Waals surface area contributed by atoms with Crippen molar-refractivity contribution in [3.05, 3.63) is 0 Å². The molecule has 0 spiro atoms. The largest absolute Gasteiger partial charge is 0.412 e. The third-order valence-corrected chi connectivity index (χ3v) is 0. The van der Waals surface area contributed by atoms with Crippen LogP contribution in [0, 0.1) is 0 Å². The van der Waals surface area contributed by atoms with Crippen LogP contribution in [-0.4, -0.2) is 21.9 Å². The Hall–Kier alpha value is -0.160. The molecule has 0 saturated carbocycles. The van der Waals surface area contributed by atoms with E-state index in [2.05, 4.69) is 0 Å². The zero-order chi connectivity index (χ0) is 2.00. The van der Waals surface area contributed by atoms with Crippen LogP contribution in [0.2, 0.25) is 0 Å². The normalized spacial score (nSPS) is 1.00. The van der Waals surface area contributed by atoms with E-state index >= 15 is 0 Å². The monoisotopic (exact) mass is 102 g/mol. The van der Waals surface area contributed by atoms with E-state index in [1.54, 1.807) is 0 Å². The van der Waals surface area contributed by atoms with Crippen molar-refractivity contribution in [3.63, 3.8) is 0 Å². The molecule has 46 valence electrons. The van der Waals surface area contributed by atoms with Gasteiger partial charge in [0.25, 0.3) is 0 Å². The van der Waals surface area contributed by atoms with Gasteiger partial charge in [-0.1, -0.05) is 13.8 Å². The van der Waals surface area contributed by atoms with E-state index < -0.39 is 0 Å². The summed E-state index contributed by atoms with van der Waals surface area (Å²) in [5.74, 6) is 0. The van der Waals surface area contributed by atoms with Gasteiger partial charge in [0, 0.05) is 0 Å². The van der Waals surface area contributed by atoms with Crippen LogP contribution in [0.4, 0.5) is 0 Å². The van der Waals surface area contributed by atoms with Crippen LogP contribution in [0.1, 0.15) is 13.8 Å². The van der Waals surface area contributed by atoms with Crippen LogP contribution in [0.5, 0.6) is 0 Å². The van der Waals surface area contributed by atoms with E-state index in [0.29, 0.717) is 0 Å². The SMILES string of the molecule is CC.O.O.O.O. The lowest BCUT2D eigenvalue weighted by molar-refractivity contribution is 0.823. The van der Waals surface area contributed by atoms with Crippen LogP contribution in [0.25, 0.3) is 0 Å². The second kappa shape index (κ2) is 2790. The second-order valence-corrected chi connectivity index (χ2v) is 0. The molecule has 0 amide bonds. The molecule has 6 heavy (non-hydrogen) atoms. The molecule has 0 aromatic heterocycles. The van der Waals surface area contributed by atoms with Crippen molar-refractivity contribution < 1.29 is 21.9 Å². The standard InChI is InChI=1S/C2H6.4H2O/c1-2;;;;/h1-2H3;4*1H2. The number of rotatable bonds is 0. The Morgan fingerprint density at radius 1 is 0.500 bits per heavy atom. The molecule has 0 aliphatic rings. The Morgan fingerprint density at radius 2 is 0.500 bits per heavy atom. The molecule has 0 rings (SSSR count). The molecular weight excluding hydrogens is 88.0 g/mol. The Bertz CT molecular complexity index is 5.51. The highest BCUT2D eigenvalue weighted by molar-refractivity contribution is 3.50. The summed E-state index contributed by atoms with van der Waals surface area (Å²) < 4.78 is 0. The topological polar surface area (TPSA) is 126 Å². The van der Waals surface area contributed by atoms with Gasteiger partial charge in [-0.2, -0.15) is 0 Å². The molecule has 0 bridgehead atoms. The Labute approximate surface area is 37.0 Å². The third-order valence-electron chi connectivity index (χ3n) is 0. The van der Waals surface area contributed by atoms with Gasteiger partial charge in [0.05, 0.1) is 0 Å². The Balaban J connectivity index is -0.000000000833. The summed E-state index contributed by atoms with van der Waals surface area (Å²) >= 11 is 0. The first-order chi connectivity index (χ1) is 1.00. The van der Waals surface area contributed by atoms with Crippen LogP contribution < -0.4 is 0 Å². The molecule has 0 aromatic rings. The van der Waals surface area contributed by atoms with Crippen molar-refractivity contribution in [3.8, 4) is 0 Å². The van der Waals surface area contributed by atoms with Crippen LogP contribution >= 0.6 is 0 Å². The molecule has 4 heteroatoms. The minimum absolute atomic E-state index is 0. The lowest BCUT2D eigenvalue weighted by Crippen LogP contribution is -0.856. The first-order valence-corrected chi connectivity index (χ1v) is 1.00. The van der Waals surface area contributed by atoms with Crippen molar-refractivity contribution in [1.29, 1.82) is 0 Å². The predicted molar refractivity (Wildman–Crippen MR) is 25.8 cm³/mol. The van der Waals surface area contributed by atoms with Crippen molar-refractivity contribution >= 4 is 0 Å². The molecule has 0 saturated heterocycles. The fourth-order valence-electron chi connectivity index (χ4n) is 0. The van der Waals surface area contributed by atoms with Crippen molar-refractivity contribution in [1.82, 2.24) is 0 Å². The molecule has 0 aromatic carbocycles. The summed E-state index contributed by atoms with van der Waals surface area (Å²) in [6.07, 6.45) is 0. The summed E-state index contributed by atoms with van der Waals surface area (Å²) in [4.78, 5) is 0. The van der Waals surface area contributed by atoms with Gasteiger partial charge in [-0.25, -0.2) is 0 Å². The van der Waals surface area contributed by atoms with Crippen LogP contribution in [0.3, 0.4) is 0 Å². The van der Waals surface area contributed by atoms with Gasteiger partial charge in [-0.3, -0.25) is 0 Å². The summed E-state index contributed by atoms with van der Waals surface area (Å²) in [6.45, 7) is 4.00. The van der Waals surface area contributed by atoms with Crippen LogP contribution in [-0.2, 0) is 0 Å². The van der Waals surface area contributed by atoms with Crippen LogP contribution in [0.15, 0.2) is 0 Å². The lowest BCUT2D eigenvalue weighted by atomic mass is 11.0. The highest BCUT2D eigenvalue weighted by atomic mass is 16.0. The summed E-state index contributed by atoms with van der Waals surface area (Å²) in [5, 5.41) is 0. The van der Waals surface area contributed by atoms with Gasteiger partial charge in [-0.15, -0.1) is 0 Å². The van der Waals surface area contributed by atoms with E-state index in [0.717, 1.165) is 0 Å². The minimum atomic E-state index is 0. The molecule has 0 unspecified atom stereocenters. The summed E-state index contributed by atoms with van der Waals surface area (Å²) in [5.41, 5.74) is 0. The Morgan fingerprint density at radius 3 is 0.500 bits per heavy atom. The number of hydrogen-bond acceptors (Lipinski definition) is 0. The highest BCUT2D eigenvalue weighted by Crippen LogP contribution is 1.14. The van der Waals surface area contributed by atoms with Crippen molar-refractivity contribution in [2.75, 3.05) is 0 Å². The summed E-state index contributed by atoms with van der Waals surface area (Å²) in [7, 11) is 0. The van der Waals surface area contributed by atoms with E-state index in [9.17, 15) is 0 Å². The predicted octanol–water partition coefficient (Wildman–Crippen LogP) is -2.27.